The molecule has 1 aliphatic heterocycles. The zero-order chi connectivity index (χ0) is 14.3. The van der Waals surface area contributed by atoms with Crippen LogP contribution in [-0.2, 0) is 23.1 Å². The molecule has 2 heterocycles. The van der Waals surface area contributed by atoms with Gasteiger partial charge in [-0.1, -0.05) is 6.07 Å². The van der Waals surface area contributed by atoms with E-state index in [1.807, 2.05) is 4.57 Å². The summed E-state index contributed by atoms with van der Waals surface area (Å²) >= 11 is 0. The molecule has 0 fully saturated rings. The summed E-state index contributed by atoms with van der Waals surface area (Å²) in [6, 6.07) is 4.93. The number of fused-ring (bicyclic) bond motifs is 1. The van der Waals surface area contributed by atoms with E-state index < -0.39 is 10.0 Å². The van der Waals surface area contributed by atoms with Crippen LogP contribution in [0, 0.1) is 6.92 Å². The van der Waals surface area contributed by atoms with Crippen molar-refractivity contribution in [3.63, 3.8) is 0 Å². The highest BCUT2D eigenvalue weighted by atomic mass is 32.2. The number of sulfonamides is 1. The summed E-state index contributed by atoms with van der Waals surface area (Å²) < 4.78 is 28.7. The smallest absolute Gasteiger partial charge is 0.243 e. The van der Waals surface area contributed by atoms with Crippen LogP contribution in [0.2, 0.25) is 0 Å². The summed E-state index contributed by atoms with van der Waals surface area (Å²) in [6.07, 6.45) is 1.62. The van der Waals surface area contributed by atoms with Crippen molar-refractivity contribution in [1.82, 2.24) is 19.1 Å². The first-order valence-corrected chi connectivity index (χ1v) is 7.66. The number of aromatic nitrogens is 3. The largest absolute Gasteiger partial charge is 0.398 e. The molecule has 0 atom stereocenters. The molecule has 1 aromatic heterocycles. The van der Waals surface area contributed by atoms with Gasteiger partial charge in [0.05, 0.1) is 11.4 Å². The van der Waals surface area contributed by atoms with Crippen molar-refractivity contribution in [1.29, 1.82) is 0 Å². The molecule has 0 radical (unpaired) electrons. The Labute approximate surface area is 117 Å². The van der Waals surface area contributed by atoms with Crippen LogP contribution in [0.4, 0.5) is 5.69 Å². The van der Waals surface area contributed by atoms with E-state index in [4.69, 9.17) is 5.73 Å². The van der Waals surface area contributed by atoms with Crippen molar-refractivity contribution in [2.45, 2.75) is 24.9 Å². The summed E-state index contributed by atoms with van der Waals surface area (Å²) in [6.45, 7) is 2.91. The van der Waals surface area contributed by atoms with Crippen LogP contribution in [0.5, 0.6) is 0 Å². The summed E-state index contributed by atoms with van der Waals surface area (Å²) in [4.78, 5) is 0.255. The van der Waals surface area contributed by atoms with Gasteiger partial charge in [-0.15, -0.1) is 10.2 Å². The zero-order valence-electron chi connectivity index (χ0n) is 11.0. The molecule has 0 unspecified atom stereocenters. The lowest BCUT2D eigenvalue weighted by molar-refractivity contribution is 0.335. The molecule has 8 heteroatoms. The number of hydrogen-bond acceptors (Lipinski definition) is 5. The average Bonchev–Trinajstić information content (AvgIpc) is 2.89. The Hall–Kier alpha value is -1.93. The molecule has 20 heavy (non-hydrogen) atoms. The van der Waals surface area contributed by atoms with Gasteiger partial charge in [0.15, 0.2) is 0 Å². The standard InChI is InChI=1S/C12H15N5O2S/c1-9-10(13)3-2-4-11(9)20(18,19)17-6-5-16-8-14-15-12(16)7-17/h2-4,8H,5-7,13H2,1H3. The van der Waals surface area contributed by atoms with E-state index in [0.717, 1.165) is 0 Å². The number of hydrogen-bond donors (Lipinski definition) is 1. The van der Waals surface area contributed by atoms with Gasteiger partial charge in [-0.3, -0.25) is 0 Å². The topological polar surface area (TPSA) is 94.1 Å². The molecule has 1 aromatic carbocycles. The average molecular weight is 293 g/mol. The predicted octanol–water partition coefficient (Wildman–Crippen LogP) is 0.373. The van der Waals surface area contributed by atoms with E-state index in [0.29, 0.717) is 30.2 Å². The van der Waals surface area contributed by atoms with Crippen LogP contribution in [0.1, 0.15) is 11.4 Å². The molecule has 2 aromatic rings. The fourth-order valence-electron chi connectivity index (χ4n) is 2.30. The third-order valence-corrected chi connectivity index (χ3v) is 5.54. The SMILES string of the molecule is Cc1c(N)cccc1S(=O)(=O)N1CCn2cnnc2C1. The number of anilines is 1. The third kappa shape index (κ3) is 1.97. The fraction of sp³-hybridized carbons (Fsp3) is 0.333. The highest BCUT2D eigenvalue weighted by molar-refractivity contribution is 7.89. The lowest BCUT2D eigenvalue weighted by Gasteiger charge is -2.27. The second-order valence-electron chi connectivity index (χ2n) is 4.75. The molecular formula is C12H15N5O2S. The van der Waals surface area contributed by atoms with Gasteiger partial charge in [-0.05, 0) is 24.6 Å². The third-order valence-electron chi connectivity index (χ3n) is 3.55. The predicted molar refractivity (Wildman–Crippen MR) is 73.2 cm³/mol. The number of nitrogens with zero attached hydrogens (tertiary/aromatic N) is 4. The van der Waals surface area contributed by atoms with Crippen molar-refractivity contribution < 1.29 is 8.42 Å². The van der Waals surface area contributed by atoms with Crippen molar-refractivity contribution in [3.8, 4) is 0 Å². The van der Waals surface area contributed by atoms with Crippen molar-refractivity contribution in [3.05, 3.63) is 35.9 Å². The Balaban J connectivity index is 1.99. The molecular weight excluding hydrogens is 278 g/mol. The van der Waals surface area contributed by atoms with Gasteiger partial charge >= 0.3 is 0 Å². The van der Waals surface area contributed by atoms with E-state index in [1.165, 1.54) is 4.31 Å². The summed E-state index contributed by atoms with van der Waals surface area (Å²) in [5, 5.41) is 7.73. The lowest BCUT2D eigenvalue weighted by Crippen LogP contribution is -2.38. The highest BCUT2D eigenvalue weighted by Gasteiger charge is 2.30. The normalized spacial score (nSPS) is 16.1. The lowest BCUT2D eigenvalue weighted by atomic mass is 10.2. The molecule has 1 aliphatic rings. The summed E-state index contributed by atoms with van der Waals surface area (Å²) in [7, 11) is -3.56. The van der Waals surface area contributed by atoms with Crippen LogP contribution in [0.15, 0.2) is 29.4 Å². The Morgan fingerprint density at radius 1 is 1.30 bits per heavy atom. The monoisotopic (exact) mass is 293 g/mol. The van der Waals surface area contributed by atoms with Gasteiger partial charge in [-0.2, -0.15) is 4.31 Å². The van der Waals surface area contributed by atoms with E-state index in [1.54, 1.807) is 31.5 Å². The first-order chi connectivity index (χ1) is 9.50. The van der Waals surface area contributed by atoms with Gasteiger partial charge in [0.25, 0.3) is 0 Å². The Kier molecular flexibility index (Phi) is 2.98. The number of nitrogen functional groups attached to an aromatic ring is 1. The molecule has 0 saturated carbocycles. The first kappa shape index (κ1) is 13.1. The minimum atomic E-state index is -3.56. The van der Waals surface area contributed by atoms with Crippen molar-refractivity contribution in [2.24, 2.45) is 0 Å². The van der Waals surface area contributed by atoms with Gasteiger partial charge in [0.1, 0.15) is 12.2 Å². The van der Waals surface area contributed by atoms with Crippen LogP contribution >= 0.6 is 0 Å². The molecule has 7 nitrogen and oxygen atoms in total. The van der Waals surface area contributed by atoms with E-state index in [-0.39, 0.29) is 11.4 Å². The Morgan fingerprint density at radius 3 is 2.90 bits per heavy atom. The molecule has 0 amide bonds. The molecule has 3 rings (SSSR count). The summed E-state index contributed by atoms with van der Waals surface area (Å²) in [5.74, 6) is 0.654. The minimum absolute atomic E-state index is 0.233. The maximum Gasteiger partial charge on any atom is 0.243 e. The quantitative estimate of drug-likeness (QED) is 0.807. The fourth-order valence-corrected chi connectivity index (χ4v) is 3.94. The maximum absolute atomic E-state index is 12.7. The van der Waals surface area contributed by atoms with Gasteiger partial charge in [0, 0.05) is 18.8 Å². The van der Waals surface area contributed by atoms with E-state index >= 15 is 0 Å². The van der Waals surface area contributed by atoms with Crippen molar-refractivity contribution >= 4 is 15.7 Å². The highest BCUT2D eigenvalue weighted by Crippen LogP contribution is 2.26. The van der Waals surface area contributed by atoms with Crippen molar-refractivity contribution in [2.75, 3.05) is 12.3 Å². The molecule has 2 N–H and O–H groups in total. The Bertz CT molecular complexity index is 753. The molecule has 0 saturated heterocycles. The van der Waals surface area contributed by atoms with Gasteiger partial charge < -0.3 is 10.3 Å². The van der Waals surface area contributed by atoms with Crippen LogP contribution < -0.4 is 5.73 Å². The number of nitrogens with two attached hydrogens (primary N) is 1. The molecule has 0 aliphatic carbocycles. The second kappa shape index (κ2) is 4.57. The first-order valence-electron chi connectivity index (χ1n) is 6.22. The summed E-state index contributed by atoms with van der Waals surface area (Å²) in [5.41, 5.74) is 6.86. The van der Waals surface area contributed by atoms with Crippen LogP contribution in [0.3, 0.4) is 0 Å². The maximum atomic E-state index is 12.7. The minimum Gasteiger partial charge on any atom is -0.398 e. The van der Waals surface area contributed by atoms with Crippen LogP contribution in [0.25, 0.3) is 0 Å². The molecule has 0 bridgehead atoms. The van der Waals surface area contributed by atoms with Crippen LogP contribution in [-0.4, -0.2) is 34.0 Å². The number of rotatable bonds is 2. The number of benzene rings is 1. The molecule has 106 valence electrons. The zero-order valence-corrected chi connectivity index (χ0v) is 11.8. The second-order valence-corrected chi connectivity index (χ2v) is 6.66. The van der Waals surface area contributed by atoms with Gasteiger partial charge in [0.2, 0.25) is 10.0 Å². The van der Waals surface area contributed by atoms with E-state index in [9.17, 15) is 8.42 Å². The molecule has 0 spiro atoms. The Morgan fingerprint density at radius 2 is 2.10 bits per heavy atom. The van der Waals surface area contributed by atoms with Gasteiger partial charge in [-0.25, -0.2) is 8.42 Å². The van der Waals surface area contributed by atoms with E-state index in [2.05, 4.69) is 10.2 Å².